The zero-order chi connectivity index (χ0) is 20.5. The summed E-state index contributed by atoms with van der Waals surface area (Å²) in [6.07, 6.45) is 19.9. The van der Waals surface area contributed by atoms with Crippen molar-refractivity contribution in [2.45, 2.75) is 76.7 Å². The van der Waals surface area contributed by atoms with Crippen LogP contribution in [0.3, 0.4) is 0 Å². The van der Waals surface area contributed by atoms with Gasteiger partial charge in [0.25, 0.3) is 0 Å². The van der Waals surface area contributed by atoms with E-state index in [0.29, 0.717) is 11.8 Å². The first-order valence-electron chi connectivity index (χ1n) is 11.5. The number of rotatable bonds is 8. The van der Waals surface area contributed by atoms with E-state index in [9.17, 15) is 0 Å². The molecule has 0 amide bonds. The SMILES string of the molecule is C=C([C@@H](N)CCSC)[C@@](C)(C1CCCC1)C1CC([Si](C)(C)C)C2C=CC=CC21. The van der Waals surface area contributed by atoms with E-state index in [4.69, 9.17) is 12.3 Å². The van der Waals surface area contributed by atoms with Crippen molar-refractivity contribution >= 4 is 19.8 Å². The maximum absolute atomic E-state index is 6.78. The second kappa shape index (κ2) is 8.86. The van der Waals surface area contributed by atoms with Crippen LogP contribution in [0.5, 0.6) is 0 Å². The van der Waals surface area contributed by atoms with Gasteiger partial charge in [-0.15, -0.1) is 0 Å². The van der Waals surface area contributed by atoms with Crippen molar-refractivity contribution in [2.24, 2.45) is 34.8 Å². The summed E-state index contributed by atoms with van der Waals surface area (Å²) in [6.45, 7) is 15.0. The lowest BCUT2D eigenvalue weighted by Crippen LogP contribution is -2.44. The fourth-order valence-electron chi connectivity index (χ4n) is 6.76. The summed E-state index contributed by atoms with van der Waals surface area (Å²) in [4.78, 5) is 0. The number of thioether (sulfide) groups is 1. The lowest BCUT2D eigenvalue weighted by Gasteiger charge is -2.47. The molecule has 1 nitrogen and oxygen atoms in total. The van der Waals surface area contributed by atoms with Gasteiger partial charge in [-0.25, -0.2) is 0 Å². The van der Waals surface area contributed by atoms with Crippen molar-refractivity contribution in [3.05, 3.63) is 36.5 Å². The molecule has 158 valence electrons. The van der Waals surface area contributed by atoms with Gasteiger partial charge in [0.05, 0.1) is 0 Å². The second-order valence-corrected chi connectivity index (χ2v) is 17.4. The summed E-state index contributed by atoms with van der Waals surface area (Å²) < 4.78 is 0. The maximum Gasteiger partial charge on any atom is 0.0480 e. The topological polar surface area (TPSA) is 26.0 Å². The molecule has 2 N–H and O–H groups in total. The van der Waals surface area contributed by atoms with Gasteiger partial charge < -0.3 is 5.73 Å². The number of fused-ring (bicyclic) bond motifs is 1. The van der Waals surface area contributed by atoms with Crippen LogP contribution >= 0.6 is 11.8 Å². The highest BCUT2D eigenvalue weighted by Crippen LogP contribution is 2.63. The molecule has 4 unspecified atom stereocenters. The molecule has 6 atom stereocenters. The van der Waals surface area contributed by atoms with Crippen LogP contribution in [0.1, 0.15) is 45.4 Å². The number of nitrogens with two attached hydrogens (primary N) is 1. The van der Waals surface area contributed by atoms with E-state index >= 15 is 0 Å². The zero-order valence-corrected chi connectivity index (χ0v) is 20.7. The standard InChI is InChI=1S/C25H43NSSi/c1-18(23(26)15-16-27-3)25(2,19-11-7-8-12-19)22-17-24(28(4,5)6)21-14-10-9-13-20(21)22/h9-10,13-14,19-24H,1,7-8,11-12,15-17,26H2,2-6H3/t20?,21?,22?,23-,24?,25-/m0/s1. The van der Waals surface area contributed by atoms with Gasteiger partial charge in [-0.05, 0) is 72.3 Å². The van der Waals surface area contributed by atoms with Crippen LogP contribution in [-0.4, -0.2) is 26.1 Å². The van der Waals surface area contributed by atoms with Crippen LogP contribution in [0.25, 0.3) is 0 Å². The molecule has 3 aliphatic carbocycles. The molecule has 0 aromatic heterocycles. The van der Waals surface area contributed by atoms with Gasteiger partial charge in [0.15, 0.2) is 0 Å². The molecule has 0 radical (unpaired) electrons. The Morgan fingerprint density at radius 1 is 1.18 bits per heavy atom. The predicted octanol–water partition coefficient (Wildman–Crippen LogP) is 6.91. The Morgan fingerprint density at radius 3 is 2.36 bits per heavy atom. The predicted molar refractivity (Wildman–Crippen MR) is 131 cm³/mol. The molecule has 3 heteroatoms. The molecular weight excluding hydrogens is 374 g/mol. The molecule has 3 rings (SSSR count). The molecule has 28 heavy (non-hydrogen) atoms. The Morgan fingerprint density at radius 2 is 1.79 bits per heavy atom. The zero-order valence-electron chi connectivity index (χ0n) is 18.9. The third-order valence-electron chi connectivity index (χ3n) is 8.52. The maximum atomic E-state index is 6.78. The monoisotopic (exact) mass is 417 g/mol. The summed E-state index contributed by atoms with van der Waals surface area (Å²) in [7, 11) is -1.22. The van der Waals surface area contributed by atoms with Crippen molar-refractivity contribution in [1.82, 2.24) is 0 Å². The minimum atomic E-state index is -1.22. The highest BCUT2D eigenvalue weighted by atomic mass is 32.2. The van der Waals surface area contributed by atoms with Gasteiger partial charge in [0, 0.05) is 14.1 Å². The molecule has 3 aliphatic rings. The quantitative estimate of drug-likeness (QED) is 0.343. The van der Waals surface area contributed by atoms with E-state index in [0.717, 1.165) is 29.6 Å². The molecule has 0 aromatic rings. The van der Waals surface area contributed by atoms with Crippen molar-refractivity contribution in [2.75, 3.05) is 12.0 Å². The first-order valence-corrected chi connectivity index (χ1v) is 16.5. The number of hydrogen-bond donors (Lipinski definition) is 1. The highest BCUT2D eigenvalue weighted by Gasteiger charge is 2.56. The molecule has 0 heterocycles. The van der Waals surface area contributed by atoms with Crippen LogP contribution in [0.4, 0.5) is 0 Å². The summed E-state index contributed by atoms with van der Waals surface area (Å²) in [5, 5.41) is 0. The van der Waals surface area contributed by atoms with Crippen molar-refractivity contribution in [1.29, 1.82) is 0 Å². The second-order valence-electron chi connectivity index (χ2n) is 10.9. The Bertz CT molecular complexity index is 613. The minimum absolute atomic E-state index is 0.144. The van der Waals surface area contributed by atoms with E-state index in [2.05, 4.69) is 57.1 Å². The Hall–Kier alpha value is -0.253. The molecule has 0 aromatic carbocycles. The number of allylic oxidation sites excluding steroid dienone is 4. The fourth-order valence-corrected chi connectivity index (χ4v) is 9.70. The third-order valence-corrected chi connectivity index (χ3v) is 12.0. The molecular formula is C25H43NSSi. The lowest BCUT2D eigenvalue weighted by atomic mass is 9.58. The average Bonchev–Trinajstić information content (AvgIpc) is 3.32. The molecule has 2 fully saturated rings. The van der Waals surface area contributed by atoms with Crippen LogP contribution in [-0.2, 0) is 0 Å². The smallest absolute Gasteiger partial charge is 0.0480 e. The summed E-state index contributed by atoms with van der Waals surface area (Å²) >= 11 is 1.91. The van der Waals surface area contributed by atoms with E-state index in [1.807, 2.05) is 11.8 Å². The van der Waals surface area contributed by atoms with Gasteiger partial charge in [0.1, 0.15) is 0 Å². The number of hydrogen-bond acceptors (Lipinski definition) is 2. The van der Waals surface area contributed by atoms with Crippen molar-refractivity contribution in [3.63, 3.8) is 0 Å². The summed E-state index contributed by atoms with van der Waals surface area (Å²) in [5.41, 5.74) is 9.20. The average molecular weight is 418 g/mol. The van der Waals surface area contributed by atoms with Gasteiger partial charge in [-0.3, -0.25) is 0 Å². The largest absolute Gasteiger partial charge is 0.324 e. The van der Waals surface area contributed by atoms with Crippen LogP contribution < -0.4 is 5.73 Å². The third kappa shape index (κ3) is 4.14. The van der Waals surface area contributed by atoms with Gasteiger partial charge in [-0.1, -0.05) is 75.9 Å². The first kappa shape index (κ1) is 22.4. The molecule has 0 spiro atoms. The van der Waals surface area contributed by atoms with Gasteiger partial charge >= 0.3 is 0 Å². The van der Waals surface area contributed by atoms with E-state index in [1.165, 1.54) is 37.7 Å². The summed E-state index contributed by atoms with van der Waals surface area (Å²) in [6, 6.07) is 0.144. The van der Waals surface area contributed by atoms with E-state index in [1.54, 1.807) is 0 Å². The Balaban J connectivity index is 1.96. The van der Waals surface area contributed by atoms with Crippen molar-refractivity contribution < 1.29 is 0 Å². The highest BCUT2D eigenvalue weighted by molar-refractivity contribution is 7.98. The van der Waals surface area contributed by atoms with Crippen LogP contribution in [0.2, 0.25) is 25.2 Å². The van der Waals surface area contributed by atoms with Gasteiger partial charge in [-0.2, -0.15) is 11.8 Å². The fraction of sp³-hybridized carbons (Fsp3) is 0.760. The van der Waals surface area contributed by atoms with Gasteiger partial charge in [0.2, 0.25) is 0 Å². The summed E-state index contributed by atoms with van der Waals surface area (Å²) in [5.74, 6) is 4.02. The minimum Gasteiger partial charge on any atom is -0.324 e. The van der Waals surface area contributed by atoms with Crippen LogP contribution in [0.15, 0.2) is 36.5 Å². The molecule has 0 saturated heterocycles. The van der Waals surface area contributed by atoms with E-state index < -0.39 is 8.07 Å². The molecule has 2 saturated carbocycles. The Labute approximate surface area is 179 Å². The lowest BCUT2D eigenvalue weighted by molar-refractivity contribution is 0.109. The molecule has 0 aliphatic heterocycles. The van der Waals surface area contributed by atoms with E-state index in [-0.39, 0.29) is 11.5 Å². The Kier molecular flexibility index (Phi) is 7.09. The normalized spacial score (nSPS) is 33.6. The van der Waals surface area contributed by atoms with Crippen molar-refractivity contribution in [3.8, 4) is 0 Å². The van der Waals surface area contributed by atoms with Crippen LogP contribution in [0, 0.1) is 29.1 Å². The molecule has 0 bridgehead atoms. The first-order chi connectivity index (χ1) is 13.2.